The van der Waals surface area contributed by atoms with E-state index in [-0.39, 0.29) is 0 Å². The summed E-state index contributed by atoms with van der Waals surface area (Å²) >= 11 is 0. The molecule has 0 fully saturated rings. The summed E-state index contributed by atoms with van der Waals surface area (Å²) in [7, 11) is 0. The molecule has 0 amide bonds. The van der Waals surface area contributed by atoms with Crippen LogP contribution in [-0.2, 0) is 0 Å². The first-order chi connectivity index (χ1) is 12.5. The van der Waals surface area contributed by atoms with Gasteiger partial charge in [0.15, 0.2) is 0 Å². The van der Waals surface area contributed by atoms with Crippen LogP contribution in [0, 0.1) is 17.8 Å². The van der Waals surface area contributed by atoms with Crippen molar-refractivity contribution >= 4 is 0 Å². The fourth-order valence-corrected chi connectivity index (χ4v) is 2.98. The zero-order valence-corrected chi connectivity index (χ0v) is 21.1. The van der Waals surface area contributed by atoms with Crippen molar-refractivity contribution in [3.8, 4) is 0 Å². The molecule has 3 unspecified atom stereocenters. The van der Waals surface area contributed by atoms with E-state index in [1.807, 2.05) is 67.5 Å². The van der Waals surface area contributed by atoms with Gasteiger partial charge in [0.05, 0.1) is 0 Å². The van der Waals surface area contributed by atoms with Crippen LogP contribution in [0.4, 0.5) is 0 Å². The molecule has 0 spiro atoms. The van der Waals surface area contributed by atoms with Gasteiger partial charge in [-0.1, -0.05) is 126 Å². The smallest absolute Gasteiger partial charge is 0.0195 e. The molecule has 0 aromatic carbocycles. The summed E-state index contributed by atoms with van der Waals surface area (Å²) in [5.74, 6) is 2.23. The Balaban J connectivity index is -0.000000160. The number of allylic oxidation sites excluding steroid dienone is 4. The third-order valence-electron chi connectivity index (χ3n) is 4.47. The van der Waals surface area contributed by atoms with Crippen molar-refractivity contribution < 1.29 is 0 Å². The van der Waals surface area contributed by atoms with Crippen LogP contribution < -0.4 is 0 Å². The minimum absolute atomic E-state index is 0.655. The van der Waals surface area contributed by atoms with Gasteiger partial charge in [-0.2, -0.15) is 0 Å². The Morgan fingerprint density at radius 3 is 1.50 bits per heavy atom. The van der Waals surface area contributed by atoms with Crippen molar-refractivity contribution in [2.75, 3.05) is 0 Å². The highest BCUT2D eigenvalue weighted by Gasteiger charge is 2.24. The first kappa shape index (κ1) is 36.2. The predicted molar refractivity (Wildman–Crippen MR) is 130 cm³/mol. The lowest BCUT2D eigenvalue weighted by atomic mass is 9.74. The summed E-state index contributed by atoms with van der Waals surface area (Å²) in [6.07, 6.45) is 8.77. The van der Waals surface area contributed by atoms with Crippen LogP contribution in [0.2, 0.25) is 0 Å². The Labute approximate surface area is 170 Å². The molecule has 0 saturated heterocycles. The SMILES string of the molecule is C=CCC/C(=C(/C)C=C)C(C)C(CC)C(C)CC.CC.CC.CC.CC. The quantitative estimate of drug-likeness (QED) is 0.280. The summed E-state index contributed by atoms with van der Waals surface area (Å²) in [6.45, 7) is 35.4. The number of rotatable bonds is 9. The molecule has 0 aliphatic carbocycles. The summed E-state index contributed by atoms with van der Waals surface area (Å²) in [4.78, 5) is 0. The standard InChI is InChI=1S/C18H32.4C2H6/c1-8-12-13-18(15(6)10-3)16(7)17(11-4)14(5)9-2;4*1-2/h8,10,14,16-17H,1,3,9,11-13H2,2,4-7H3;4*1-2H3/b18-15+;;;;. The molecule has 0 N–H and O–H groups in total. The topological polar surface area (TPSA) is 0 Å². The van der Waals surface area contributed by atoms with Crippen molar-refractivity contribution in [3.63, 3.8) is 0 Å². The fraction of sp³-hybridized carbons (Fsp3) is 0.769. The Morgan fingerprint density at radius 1 is 0.808 bits per heavy atom. The molecule has 0 aliphatic rings. The molecule has 0 aliphatic heterocycles. The highest BCUT2D eigenvalue weighted by atomic mass is 14.3. The average Bonchev–Trinajstić information content (AvgIpc) is 2.74. The Bertz CT molecular complexity index is 282. The van der Waals surface area contributed by atoms with Gasteiger partial charge in [0, 0.05) is 0 Å². The van der Waals surface area contributed by atoms with Crippen molar-refractivity contribution in [1.82, 2.24) is 0 Å². The van der Waals surface area contributed by atoms with E-state index in [4.69, 9.17) is 0 Å². The molecular formula is C26H56. The van der Waals surface area contributed by atoms with E-state index in [1.54, 1.807) is 5.57 Å². The zero-order chi connectivity index (χ0) is 22.1. The maximum atomic E-state index is 3.94. The second-order valence-corrected chi connectivity index (χ2v) is 5.49. The lowest BCUT2D eigenvalue weighted by Gasteiger charge is -2.31. The van der Waals surface area contributed by atoms with Gasteiger partial charge in [-0.05, 0) is 37.5 Å². The third-order valence-corrected chi connectivity index (χ3v) is 4.47. The summed E-state index contributed by atoms with van der Waals surface area (Å²) < 4.78 is 0. The van der Waals surface area contributed by atoms with Crippen molar-refractivity contribution in [1.29, 1.82) is 0 Å². The van der Waals surface area contributed by atoms with E-state index in [2.05, 4.69) is 47.8 Å². The van der Waals surface area contributed by atoms with Crippen molar-refractivity contribution in [2.45, 2.75) is 116 Å². The molecule has 160 valence electrons. The van der Waals surface area contributed by atoms with Crippen LogP contribution >= 0.6 is 0 Å². The van der Waals surface area contributed by atoms with Gasteiger partial charge in [-0.15, -0.1) is 6.58 Å². The second-order valence-electron chi connectivity index (χ2n) is 5.49. The highest BCUT2D eigenvalue weighted by Crippen LogP contribution is 2.35. The van der Waals surface area contributed by atoms with Gasteiger partial charge in [0.1, 0.15) is 0 Å². The molecule has 0 bridgehead atoms. The van der Waals surface area contributed by atoms with Gasteiger partial charge in [-0.25, -0.2) is 0 Å². The highest BCUT2D eigenvalue weighted by molar-refractivity contribution is 5.24. The molecule has 0 aromatic rings. The third kappa shape index (κ3) is 18.0. The molecule has 0 aromatic heterocycles. The van der Waals surface area contributed by atoms with E-state index in [9.17, 15) is 0 Å². The van der Waals surface area contributed by atoms with Gasteiger partial charge < -0.3 is 0 Å². The molecule has 3 atom stereocenters. The molecular weight excluding hydrogens is 312 g/mol. The van der Waals surface area contributed by atoms with Gasteiger partial charge in [-0.3, -0.25) is 0 Å². The van der Waals surface area contributed by atoms with Crippen LogP contribution in [0.15, 0.2) is 36.5 Å². The second kappa shape index (κ2) is 31.9. The minimum atomic E-state index is 0.655. The molecule has 0 nitrogen and oxygen atoms in total. The summed E-state index contributed by atoms with van der Waals surface area (Å²) in [5, 5.41) is 0. The first-order valence-corrected chi connectivity index (χ1v) is 11.5. The van der Waals surface area contributed by atoms with Crippen LogP contribution in [0.1, 0.15) is 116 Å². The maximum Gasteiger partial charge on any atom is -0.0195 e. The number of hydrogen-bond acceptors (Lipinski definition) is 0. The Hall–Kier alpha value is -0.780. The van der Waals surface area contributed by atoms with E-state index in [0.717, 1.165) is 24.7 Å². The molecule has 0 heterocycles. The Kier molecular flexibility index (Phi) is 44.5. The fourth-order valence-electron chi connectivity index (χ4n) is 2.98. The van der Waals surface area contributed by atoms with Crippen molar-refractivity contribution in [3.05, 3.63) is 36.5 Å². The summed E-state index contributed by atoms with van der Waals surface area (Å²) in [5.41, 5.74) is 2.95. The molecule has 0 saturated carbocycles. The van der Waals surface area contributed by atoms with Crippen LogP contribution in [0.3, 0.4) is 0 Å². The predicted octanol–water partition coefficient (Wildman–Crippen LogP) is 10.3. The van der Waals surface area contributed by atoms with Gasteiger partial charge >= 0.3 is 0 Å². The molecule has 26 heavy (non-hydrogen) atoms. The zero-order valence-electron chi connectivity index (χ0n) is 21.1. The molecule has 0 radical (unpaired) electrons. The summed E-state index contributed by atoms with van der Waals surface area (Å²) in [6, 6.07) is 0. The minimum Gasteiger partial charge on any atom is -0.103 e. The lowest BCUT2D eigenvalue weighted by molar-refractivity contribution is 0.263. The number of hydrogen-bond donors (Lipinski definition) is 0. The van der Waals surface area contributed by atoms with E-state index >= 15 is 0 Å². The van der Waals surface area contributed by atoms with E-state index < -0.39 is 0 Å². The van der Waals surface area contributed by atoms with E-state index in [0.29, 0.717) is 5.92 Å². The average molecular weight is 369 g/mol. The molecule has 0 rings (SSSR count). The maximum absolute atomic E-state index is 3.94. The van der Waals surface area contributed by atoms with Crippen LogP contribution in [0.25, 0.3) is 0 Å². The normalized spacial score (nSPS) is 13.1. The van der Waals surface area contributed by atoms with Crippen LogP contribution in [-0.4, -0.2) is 0 Å². The lowest BCUT2D eigenvalue weighted by Crippen LogP contribution is -2.21. The largest absolute Gasteiger partial charge is 0.103 e. The molecule has 0 heteroatoms. The van der Waals surface area contributed by atoms with Gasteiger partial charge in [0.2, 0.25) is 0 Å². The van der Waals surface area contributed by atoms with Gasteiger partial charge in [0.25, 0.3) is 0 Å². The Morgan fingerprint density at radius 2 is 1.23 bits per heavy atom. The van der Waals surface area contributed by atoms with Crippen LogP contribution in [0.5, 0.6) is 0 Å². The first-order valence-electron chi connectivity index (χ1n) is 11.5. The van der Waals surface area contributed by atoms with Crippen molar-refractivity contribution in [2.24, 2.45) is 17.8 Å². The monoisotopic (exact) mass is 368 g/mol. The van der Waals surface area contributed by atoms with E-state index in [1.165, 1.54) is 18.4 Å².